The fourth-order valence-corrected chi connectivity index (χ4v) is 1.72. The number of aromatic amines is 1. The second kappa shape index (κ2) is 5.39. The highest BCUT2D eigenvalue weighted by atomic mass is 16.6. The molecule has 1 aromatic carbocycles. The number of carbonyl (C=O) groups is 1. The van der Waals surface area contributed by atoms with Gasteiger partial charge in [0.15, 0.2) is 0 Å². The van der Waals surface area contributed by atoms with Crippen LogP contribution in [0.15, 0.2) is 30.6 Å². The Bertz CT molecular complexity index is 639. The quantitative estimate of drug-likeness (QED) is 0.577. The highest BCUT2D eigenvalue weighted by Crippen LogP contribution is 2.23. The predicted octanol–water partition coefficient (Wildman–Crippen LogP) is 1.51. The lowest BCUT2D eigenvalue weighted by Crippen LogP contribution is -2.27. The maximum atomic E-state index is 12.1. The maximum Gasteiger partial charge on any atom is 0.282 e. The third-order valence-electron chi connectivity index (χ3n) is 2.70. The van der Waals surface area contributed by atoms with Gasteiger partial charge in [0.05, 0.1) is 11.0 Å². The van der Waals surface area contributed by atoms with Crippen LogP contribution < -0.4 is 5.32 Å². The molecule has 0 aliphatic heterocycles. The van der Waals surface area contributed by atoms with E-state index < -0.39 is 16.9 Å². The second-order valence-corrected chi connectivity index (χ2v) is 4.13. The average Bonchev–Trinajstić information content (AvgIpc) is 2.92. The molecule has 0 aliphatic carbocycles. The van der Waals surface area contributed by atoms with Crippen molar-refractivity contribution < 1.29 is 14.8 Å². The number of phenolic OH excluding ortho intramolecular Hbond substituents is 1. The van der Waals surface area contributed by atoms with Gasteiger partial charge < -0.3 is 15.4 Å². The second-order valence-electron chi connectivity index (χ2n) is 4.13. The minimum atomic E-state index is -0.675. The first-order valence-electron chi connectivity index (χ1n) is 5.76. The summed E-state index contributed by atoms with van der Waals surface area (Å²) in [6.45, 7) is 1.69. The molecule has 1 unspecified atom stereocenters. The van der Waals surface area contributed by atoms with Gasteiger partial charge in [0.2, 0.25) is 0 Å². The van der Waals surface area contributed by atoms with Gasteiger partial charge in [-0.05, 0) is 19.1 Å². The zero-order chi connectivity index (χ0) is 14.7. The van der Waals surface area contributed by atoms with Crippen molar-refractivity contribution in [1.82, 2.24) is 15.3 Å². The van der Waals surface area contributed by atoms with E-state index in [1.165, 1.54) is 6.20 Å². The van der Waals surface area contributed by atoms with Crippen molar-refractivity contribution in [3.63, 3.8) is 0 Å². The molecule has 20 heavy (non-hydrogen) atoms. The molecule has 0 aliphatic rings. The standard InChI is InChI=1S/C12H12N4O4/c1-7(11-13-4-5-14-11)15-12(18)9-6-8(17)2-3-10(9)16(19)20/h2-7,17H,1H3,(H,13,14)(H,15,18). The van der Waals surface area contributed by atoms with Crippen molar-refractivity contribution in [2.45, 2.75) is 13.0 Å². The van der Waals surface area contributed by atoms with Crippen molar-refractivity contribution in [2.75, 3.05) is 0 Å². The van der Waals surface area contributed by atoms with Crippen LogP contribution in [0.25, 0.3) is 0 Å². The molecule has 104 valence electrons. The summed E-state index contributed by atoms with van der Waals surface area (Å²) in [4.78, 5) is 29.1. The third kappa shape index (κ3) is 2.74. The van der Waals surface area contributed by atoms with Crippen LogP contribution in [0.1, 0.15) is 29.1 Å². The lowest BCUT2D eigenvalue weighted by Gasteiger charge is -2.11. The van der Waals surface area contributed by atoms with Gasteiger partial charge in [0.1, 0.15) is 17.1 Å². The summed E-state index contributed by atoms with van der Waals surface area (Å²) in [5.74, 6) is -0.343. The van der Waals surface area contributed by atoms with E-state index >= 15 is 0 Å². The van der Waals surface area contributed by atoms with E-state index in [0.29, 0.717) is 5.82 Å². The average molecular weight is 276 g/mol. The number of aromatic nitrogens is 2. The number of carbonyl (C=O) groups excluding carboxylic acids is 1. The SMILES string of the molecule is CC(NC(=O)c1cc(O)ccc1[N+](=O)[O-])c1ncc[nH]1. The van der Waals surface area contributed by atoms with Crippen LogP contribution in [0.5, 0.6) is 5.75 Å². The number of nitrogens with one attached hydrogen (secondary N) is 2. The van der Waals surface area contributed by atoms with Gasteiger partial charge >= 0.3 is 0 Å². The molecule has 1 heterocycles. The topological polar surface area (TPSA) is 121 Å². The highest BCUT2D eigenvalue weighted by Gasteiger charge is 2.22. The fourth-order valence-electron chi connectivity index (χ4n) is 1.72. The summed E-state index contributed by atoms with van der Waals surface area (Å²) in [5.41, 5.74) is -0.569. The van der Waals surface area contributed by atoms with Crippen LogP contribution in [0.4, 0.5) is 5.69 Å². The minimum absolute atomic E-state index is 0.201. The Kier molecular flexibility index (Phi) is 3.65. The van der Waals surface area contributed by atoms with Crippen molar-refractivity contribution in [2.24, 2.45) is 0 Å². The van der Waals surface area contributed by atoms with Crippen LogP contribution in [-0.4, -0.2) is 25.9 Å². The normalized spacial score (nSPS) is 11.8. The lowest BCUT2D eigenvalue weighted by atomic mass is 10.1. The molecule has 0 radical (unpaired) electrons. The zero-order valence-corrected chi connectivity index (χ0v) is 10.5. The first kappa shape index (κ1) is 13.5. The number of benzene rings is 1. The number of nitro benzene ring substituents is 1. The van der Waals surface area contributed by atoms with E-state index in [4.69, 9.17) is 0 Å². The number of imidazole rings is 1. The van der Waals surface area contributed by atoms with Crippen molar-refractivity contribution >= 4 is 11.6 Å². The Morgan fingerprint density at radius 2 is 2.30 bits per heavy atom. The molecule has 8 nitrogen and oxygen atoms in total. The molecule has 0 fully saturated rings. The van der Waals surface area contributed by atoms with Gasteiger partial charge in [-0.2, -0.15) is 0 Å². The molecule has 1 amide bonds. The van der Waals surface area contributed by atoms with Crippen molar-refractivity contribution in [3.05, 3.63) is 52.1 Å². The minimum Gasteiger partial charge on any atom is -0.508 e. The zero-order valence-electron chi connectivity index (χ0n) is 10.5. The highest BCUT2D eigenvalue weighted by molar-refractivity contribution is 5.98. The molecule has 0 saturated heterocycles. The molecule has 0 bridgehead atoms. The summed E-state index contributed by atoms with van der Waals surface area (Å²) < 4.78 is 0. The molecular weight excluding hydrogens is 264 g/mol. The number of amides is 1. The summed E-state index contributed by atoms with van der Waals surface area (Å²) in [5, 5.41) is 22.8. The number of nitro groups is 1. The van der Waals surface area contributed by atoms with E-state index in [9.17, 15) is 20.0 Å². The van der Waals surface area contributed by atoms with Crippen LogP contribution in [-0.2, 0) is 0 Å². The molecule has 0 saturated carbocycles. The van der Waals surface area contributed by atoms with Crippen LogP contribution >= 0.6 is 0 Å². The Balaban J connectivity index is 2.25. The molecule has 8 heteroatoms. The van der Waals surface area contributed by atoms with Gasteiger partial charge in [-0.1, -0.05) is 0 Å². The number of rotatable bonds is 4. The lowest BCUT2D eigenvalue weighted by molar-refractivity contribution is -0.385. The van der Waals surface area contributed by atoms with E-state index in [0.717, 1.165) is 18.2 Å². The molecule has 2 rings (SSSR count). The van der Waals surface area contributed by atoms with E-state index in [-0.39, 0.29) is 17.0 Å². The van der Waals surface area contributed by atoms with Gasteiger partial charge in [0.25, 0.3) is 11.6 Å². The largest absolute Gasteiger partial charge is 0.508 e. The number of nitrogens with zero attached hydrogens (tertiary/aromatic N) is 2. The number of aromatic hydroxyl groups is 1. The summed E-state index contributed by atoms with van der Waals surface area (Å²) in [6.07, 6.45) is 3.14. The fraction of sp³-hybridized carbons (Fsp3) is 0.167. The van der Waals surface area contributed by atoms with Crippen molar-refractivity contribution in [3.8, 4) is 5.75 Å². The number of hydrogen-bond donors (Lipinski definition) is 3. The maximum absolute atomic E-state index is 12.1. The molecule has 0 spiro atoms. The number of hydrogen-bond acceptors (Lipinski definition) is 5. The van der Waals surface area contributed by atoms with Crippen LogP contribution in [0, 0.1) is 10.1 Å². The van der Waals surface area contributed by atoms with E-state index in [1.807, 2.05) is 0 Å². The molecule has 2 aromatic rings. The van der Waals surface area contributed by atoms with Gasteiger partial charge in [0, 0.05) is 18.5 Å². The van der Waals surface area contributed by atoms with Gasteiger partial charge in [-0.3, -0.25) is 14.9 Å². The monoisotopic (exact) mass is 276 g/mol. The van der Waals surface area contributed by atoms with Gasteiger partial charge in [-0.25, -0.2) is 4.98 Å². The molecule has 1 atom stereocenters. The van der Waals surface area contributed by atoms with Gasteiger partial charge in [-0.15, -0.1) is 0 Å². The Labute approximate surface area is 113 Å². The van der Waals surface area contributed by atoms with Crippen LogP contribution in [0.2, 0.25) is 0 Å². The number of phenols is 1. The summed E-state index contributed by atoms with van der Waals surface area (Å²) in [6, 6.07) is 2.86. The summed E-state index contributed by atoms with van der Waals surface area (Å²) in [7, 11) is 0. The Morgan fingerprint density at radius 3 is 2.90 bits per heavy atom. The first-order valence-corrected chi connectivity index (χ1v) is 5.76. The van der Waals surface area contributed by atoms with Crippen LogP contribution in [0.3, 0.4) is 0 Å². The van der Waals surface area contributed by atoms with E-state index in [2.05, 4.69) is 15.3 Å². The van der Waals surface area contributed by atoms with E-state index in [1.54, 1.807) is 13.1 Å². The Hall–Kier alpha value is -2.90. The molecular formula is C12H12N4O4. The summed E-state index contributed by atoms with van der Waals surface area (Å²) >= 11 is 0. The first-order chi connectivity index (χ1) is 9.49. The smallest absolute Gasteiger partial charge is 0.282 e. The third-order valence-corrected chi connectivity index (χ3v) is 2.70. The predicted molar refractivity (Wildman–Crippen MR) is 69.2 cm³/mol. The Morgan fingerprint density at radius 1 is 1.55 bits per heavy atom. The van der Waals surface area contributed by atoms with Crippen molar-refractivity contribution in [1.29, 1.82) is 0 Å². The molecule has 1 aromatic heterocycles. The molecule has 3 N–H and O–H groups in total. The number of H-pyrrole nitrogens is 1.